The summed E-state index contributed by atoms with van der Waals surface area (Å²) in [5.74, 6) is -0.416. The predicted octanol–water partition coefficient (Wildman–Crippen LogP) is 5.86. The number of carbonyl (C=O) groups excluding carboxylic acids is 3. The Labute approximate surface area is 219 Å². The van der Waals surface area contributed by atoms with Crippen molar-refractivity contribution in [3.8, 4) is 11.5 Å². The molecule has 7 nitrogen and oxygen atoms in total. The Morgan fingerprint density at radius 2 is 1.57 bits per heavy atom. The molecule has 0 spiro atoms. The zero-order chi connectivity index (χ0) is 24.9. The Morgan fingerprint density at radius 1 is 0.886 bits per heavy atom. The van der Waals surface area contributed by atoms with E-state index in [1.807, 2.05) is 31.2 Å². The highest BCUT2D eigenvalue weighted by Crippen LogP contribution is 2.29. The van der Waals surface area contributed by atoms with Crippen molar-refractivity contribution >= 4 is 61.5 Å². The molecule has 1 saturated heterocycles. The minimum Gasteiger partial charge on any atom is -0.493 e. The van der Waals surface area contributed by atoms with Crippen LogP contribution in [0.25, 0.3) is 6.08 Å². The fraction of sp³-hybridized carbons (Fsp3) is 0.115. The van der Waals surface area contributed by atoms with Crippen LogP contribution in [0.15, 0.2) is 81.2 Å². The lowest BCUT2D eigenvalue weighted by atomic mass is 10.1. The number of barbiturate groups is 1. The zero-order valence-electron chi connectivity index (χ0n) is 18.6. The number of nitrogens with zero attached hydrogens (tertiary/aromatic N) is 1. The maximum atomic E-state index is 13.2. The van der Waals surface area contributed by atoms with Crippen molar-refractivity contribution in [2.75, 3.05) is 11.5 Å². The second-order valence-corrected chi connectivity index (χ2v) is 9.31. The Kier molecular flexibility index (Phi) is 7.67. The van der Waals surface area contributed by atoms with Gasteiger partial charge in [0.15, 0.2) is 0 Å². The Hall–Kier alpha value is -3.43. The van der Waals surface area contributed by atoms with Crippen molar-refractivity contribution in [2.45, 2.75) is 13.5 Å². The van der Waals surface area contributed by atoms with Gasteiger partial charge in [0.05, 0.1) is 12.3 Å². The molecule has 4 rings (SSSR count). The van der Waals surface area contributed by atoms with Crippen LogP contribution in [0.1, 0.15) is 18.1 Å². The van der Waals surface area contributed by atoms with E-state index in [1.165, 1.54) is 6.08 Å². The molecule has 1 heterocycles. The molecule has 0 radical (unpaired) electrons. The van der Waals surface area contributed by atoms with Crippen molar-refractivity contribution in [2.24, 2.45) is 0 Å². The summed E-state index contributed by atoms with van der Waals surface area (Å²) in [6, 6.07) is 18.7. The first-order valence-electron chi connectivity index (χ1n) is 10.7. The molecule has 178 valence electrons. The van der Waals surface area contributed by atoms with Crippen molar-refractivity contribution in [3.63, 3.8) is 0 Å². The number of urea groups is 1. The van der Waals surface area contributed by atoms with Crippen molar-refractivity contribution in [1.29, 1.82) is 0 Å². The molecule has 1 N–H and O–H groups in total. The predicted molar refractivity (Wildman–Crippen MR) is 139 cm³/mol. The quantitative estimate of drug-likeness (QED) is 0.272. The van der Waals surface area contributed by atoms with Crippen LogP contribution in [0.5, 0.6) is 11.5 Å². The standard InChI is InChI=1S/C26H20Br2N2O5/c1-2-34-23-12-7-19(28)13-17(23)14-22-24(31)29-26(33)30(25(22)32)20-8-10-21(11-9-20)35-15-16-3-5-18(27)6-4-16/h3-14H,2,15H2,1H3,(H,29,31,33)/b22-14+. The summed E-state index contributed by atoms with van der Waals surface area (Å²) in [4.78, 5) is 39.2. The zero-order valence-corrected chi connectivity index (χ0v) is 21.8. The summed E-state index contributed by atoms with van der Waals surface area (Å²) < 4.78 is 13.1. The lowest BCUT2D eigenvalue weighted by Gasteiger charge is -2.26. The van der Waals surface area contributed by atoms with E-state index >= 15 is 0 Å². The van der Waals surface area contributed by atoms with E-state index in [2.05, 4.69) is 37.2 Å². The van der Waals surface area contributed by atoms with Gasteiger partial charge in [-0.2, -0.15) is 0 Å². The van der Waals surface area contributed by atoms with Crippen LogP contribution in [0.4, 0.5) is 10.5 Å². The van der Waals surface area contributed by atoms with Gasteiger partial charge in [-0.15, -0.1) is 0 Å². The first-order valence-corrected chi connectivity index (χ1v) is 12.3. The monoisotopic (exact) mass is 598 g/mol. The van der Waals surface area contributed by atoms with Gasteiger partial charge in [0, 0.05) is 14.5 Å². The molecule has 0 aromatic heterocycles. The first-order chi connectivity index (χ1) is 16.9. The number of amides is 4. The number of anilines is 1. The number of rotatable bonds is 7. The summed E-state index contributed by atoms with van der Waals surface area (Å²) in [5, 5.41) is 2.23. The van der Waals surface area contributed by atoms with Crippen LogP contribution >= 0.6 is 31.9 Å². The van der Waals surface area contributed by atoms with Gasteiger partial charge in [-0.25, -0.2) is 9.69 Å². The van der Waals surface area contributed by atoms with E-state index in [9.17, 15) is 14.4 Å². The minimum atomic E-state index is -0.819. The fourth-order valence-electron chi connectivity index (χ4n) is 3.41. The summed E-state index contributed by atoms with van der Waals surface area (Å²) in [6.45, 7) is 2.62. The van der Waals surface area contributed by atoms with Gasteiger partial charge in [0.25, 0.3) is 11.8 Å². The lowest BCUT2D eigenvalue weighted by Crippen LogP contribution is -2.54. The number of benzene rings is 3. The molecule has 0 atom stereocenters. The molecule has 1 aliphatic heterocycles. The largest absolute Gasteiger partial charge is 0.493 e. The molecule has 1 aliphatic rings. The summed E-state index contributed by atoms with van der Waals surface area (Å²) in [6.07, 6.45) is 1.42. The second-order valence-electron chi connectivity index (χ2n) is 7.48. The molecule has 0 aliphatic carbocycles. The molecule has 0 bridgehead atoms. The average molecular weight is 600 g/mol. The third kappa shape index (κ3) is 5.80. The molecular formula is C26H20Br2N2O5. The topological polar surface area (TPSA) is 84.9 Å². The molecule has 0 unspecified atom stereocenters. The molecule has 1 fully saturated rings. The lowest BCUT2D eigenvalue weighted by molar-refractivity contribution is -0.122. The van der Waals surface area contributed by atoms with Crippen LogP contribution in [-0.2, 0) is 16.2 Å². The Balaban J connectivity index is 1.56. The summed E-state index contributed by atoms with van der Waals surface area (Å²) in [5.41, 5.74) is 1.65. The maximum Gasteiger partial charge on any atom is 0.335 e. The molecule has 0 saturated carbocycles. The third-order valence-electron chi connectivity index (χ3n) is 5.09. The maximum absolute atomic E-state index is 13.2. The van der Waals surface area contributed by atoms with Crippen molar-refractivity contribution in [3.05, 3.63) is 92.4 Å². The highest BCUT2D eigenvalue weighted by atomic mass is 79.9. The number of hydrogen-bond acceptors (Lipinski definition) is 5. The smallest absolute Gasteiger partial charge is 0.335 e. The van der Waals surface area contributed by atoms with Gasteiger partial charge in [-0.3, -0.25) is 14.9 Å². The molecule has 4 amide bonds. The van der Waals surface area contributed by atoms with Gasteiger partial charge < -0.3 is 9.47 Å². The number of halogens is 2. The molecular weight excluding hydrogens is 580 g/mol. The van der Waals surface area contributed by atoms with E-state index in [1.54, 1.807) is 42.5 Å². The number of nitrogens with one attached hydrogen (secondary N) is 1. The number of hydrogen-bond donors (Lipinski definition) is 1. The number of imide groups is 2. The van der Waals surface area contributed by atoms with Gasteiger partial charge in [-0.1, -0.05) is 44.0 Å². The minimum absolute atomic E-state index is 0.181. The van der Waals surface area contributed by atoms with Crippen molar-refractivity contribution in [1.82, 2.24) is 5.32 Å². The molecule has 35 heavy (non-hydrogen) atoms. The number of carbonyl (C=O) groups is 3. The van der Waals surface area contributed by atoms with E-state index in [0.29, 0.717) is 36.0 Å². The highest BCUT2D eigenvalue weighted by Gasteiger charge is 2.37. The Morgan fingerprint density at radius 3 is 2.26 bits per heavy atom. The van der Waals surface area contributed by atoms with E-state index < -0.39 is 17.8 Å². The SMILES string of the molecule is CCOc1ccc(Br)cc1/C=C1\C(=O)NC(=O)N(c2ccc(OCc3ccc(Br)cc3)cc2)C1=O. The summed E-state index contributed by atoms with van der Waals surface area (Å²) >= 11 is 6.79. The average Bonchev–Trinajstić information content (AvgIpc) is 2.84. The fourth-order valence-corrected chi connectivity index (χ4v) is 4.05. The van der Waals surface area contributed by atoms with E-state index in [0.717, 1.165) is 19.4 Å². The molecule has 3 aromatic carbocycles. The van der Waals surface area contributed by atoms with Crippen LogP contribution in [0, 0.1) is 0 Å². The first kappa shape index (κ1) is 24.7. The summed E-state index contributed by atoms with van der Waals surface area (Å²) in [7, 11) is 0. The van der Waals surface area contributed by atoms with Crippen LogP contribution in [0.2, 0.25) is 0 Å². The Bertz CT molecular complexity index is 1300. The molecule has 9 heteroatoms. The van der Waals surface area contributed by atoms with Crippen LogP contribution < -0.4 is 19.7 Å². The second kappa shape index (κ2) is 10.9. The highest BCUT2D eigenvalue weighted by molar-refractivity contribution is 9.10. The third-order valence-corrected chi connectivity index (χ3v) is 6.11. The van der Waals surface area contributed by atoms with Crippen molar-refractivity contribution < 1.29 is 23.9 Å². The normalized spacial score (nSPS) is 14.8. The van der Waals surface area contributed by atoms with E-state index in [-0.39, 0.29) is 5.57 Å². The van der Waals surface area contributed by atoms with E-state index in [4.69, 9.17) is 9.47 Å². The van der Waals surface area contributed by atoms with Gasteiger partial charge >= 0.3 is 6.03 Å². The number of ether oxygens (including phenoxy) is 2. The van der Waals surface area contributed by atoms with Gasteiger partial charge in [-0.05, 0) is 73.2 Å². The van der Waals surface area contributed by atoms with Gasteiger partial charge in [0.2, 0.25) is 0 Å². The van der Waals surface area contributed by atoms with Crippen LogP contribution in [-0.4, -0.2) is 24.5 Å². The van der Waals surface area contributed by atoms with Gasteiger partial charge in [0.1, 0.15) is 23.7 Å². The molecule has 3 aromatic rings. The van der Waals surface area contributed by atoms with Crippen LogP contribution in [0.3, 0.4) is 0 Å².